The van der Waals surface area contributed by atoms with E-state index in [1.165, 1.54) is 12.1 Å². The van der Waals surface area contributed by atoms with E-state index in [0.29, 0.717) is 19.8 Å². The Kier molecular flexibility index (Phi) is 7.00. The van der Waals surface area contributed by atoms with Crippen LogP contribution in [0.2, 0.25) is 0 Å². The molecule has 0 aliphatic rings. The van der Waals surface area contributed by atoms with Gasteiger partial charge in [-0.1, -0.05) is 12.1 Å². The summed E-state index contributed by atoms with van der Waals surface area (Å²) in [6.07, 6.45) is 0. The zero-order valence-corrected chi connectivity index (χ0v) is 12.9. The van der Waals surface area contributed by atoms with Crippen LogP contribution in [0.5, 0.6) is 0 Å². The molecule has 8 heteroatoms. The van der Waals surface area contributed by atoms with Crippen molar-refractivity contribution < 1.29 is 21.9 Å². The molecule has 0 saturated carbocycles. The van der Waals surface area contributed by atoms with Crippen molar-refractivity contribution in [3.63, 3.8) is 0 Å². The van der Waals surface area contributed by atoms with Crippen LogP contribution in [0.1, 0.15) is 0 Å². The smallest absolute Gasteiger partial charge is 0.341 e. The van der Waals surface area contributed by atoms with E-state index in [4.69, 9.17) is 4.74 Å². The van der Waals surface area contributed by atoms with E-state index >= 15 is 0 Å². The fraction of sp³-hybridized carbons (Fsp3) is 0.538. The fourth-order valence-electron chi connectivity index (χ4n) is 1.56. The molecule has 0 aliphatic carbocycles. The molecule has 0 radical (unpaired) electrons. The predicted octanol–water partition coefficient (Wildman–Crippen LogP) is 1.67. The lowest BCUT2D eigenvalue weighted by Crippen LogP contribution is -2.20. The summed E-state index contributed by atoms with van der Waals surface area (Å²) in [7, 11) is -0.762. The number of halogens is 2. The molecule has 120 valence electrons. The topological polar surface area (TPSA) is 58.6 Å². The summed E-state index contributed by atoms with van der Waals surface area (Å²) in [4.78, 5) is 1.58. The predicted molar refractivity (Wildman–Crippen MR) is 77.5 cm³/mol. The van der Waals surface area contributed by atoms with E-state index in [0.717, 1.165) is 12.6 Å². The monoisotopic (exact) mass is 322 g/mol. The van der Waals surface area contributed by atoms with Gasteiger partial charge in [-0.15, -0.1) is 0 Å². The summed E-state index contributed by atoms with van der Waals surface area (Å²) >= 11 is 0. The first-order chi connectivity index (χ1) is 9.85. The summed E-state index contributed by atoms with van der Waals surface area (Å²) in [5, 5.41) is 2.81. The molecule has 0 fully saturated rings. The molecule has 0 unspecified atom stereocenters. The second-order valence-corrected chi connectivity index (χ2v) is 6.53. The molecule has 5 nitrogen and oxygen atoms in total. The lowest BCUT2D eigenvalue weighted by molar-refractivity contribution is 0.126. The third kappa shape index (κ3) is 5.56. The third-order valence-electron chi connectivity index (χ3n) is 2.67. The molecule has 21 heavy (non-hydrogen) atoms. The van der Waals surface area contributed by atoms with Crippen LogP contribution in [-0.2, 0) is 14.6 Å². The average Bonchev–Trinajstić information content (AvgIpc) is 2.42. The maximum atomic E-state index is 12.6. The summed E-state index contributed by atoms with van der Waals surface area (Å²) in [6, 6.07) is 5.61. The Morgan fingerprint density at radius 2 is 1.90 bits per heavy atom. The standard InChI is InChI=1S/C13H20F2N2O3S/c1-17(2)8-10-20-9-7-16-11-5-3-4-6-12(11)21(18,19)13(14)15/h3-6,13,16H,7-10H2,1-2H3. The molecule has 1 aromatic carbocycles. The third-order valence-corrected chi connectivity index (χ3v) is 4.11. The second kappa shape index (κ2) is 8.26. The van der Waals surface area contributed by atoms with E-state index in [1.807, 2.05) is 19.0 Å². The number of hydrogen-bond donors (Lipinski definition) is 1. The SMILES string of the molecule is CN(C)CCOCCNc1ccccc1S(=O)(=O)C(F)F. The van der Waals surface area contributed by atoms with E-state index in [-0.39, 0.29) is 5.69 Å². The van der Waals surface area contributed by atoms with Crippen LogP contribution in [0.4, 0.5) is 14.5 Å². The number of rotatable bonds is 9. The molecule has 0 aromatic heterocycles. The van der Waals surface area contributed by atoms with Gasteiger partial charge >= 0.3 is 5.76 Å². The highest BCUT2D eigenvalue weighted by Crippen LogP contribution is 2.25. The lowest BCUT2D eigenvalue weighted by Gasteiger charge is -2.13. The first-order valence-corrected chi connectivity index (χ1v) is 7.97. The van der Waals surface area contributed by atoms with Crippen molar-refractivity contribution in [3.05, 3.63) is 24.3 Å². The summed E-state index contributed by atoms with van der Waals surface area (Å²) < 4.78 is 53.6. The minimum absolute atomic E-state index is 0.161. The van der Waals surface area contributed by atoms with Gasteiger partial charge in [0.25, 0.3) is 0 Å². The van der Waals surface area contributed by atoms with Crippen LogP contribution in [0, 0.1) is 0 Å². The quantitative estimate of drug-likeness (QED) is 0.701. The average molecular weight is 322 g/mol. The van der Waals surface area contributed by atoms with Gasteiger partial charge in [0, 0.05) is 13.1 Å². The number of para-hydroxylation sites is 1. The van der Waals surface area contributed by atoms with E-state index < -0.39 is 20.5 Å². The van der Waals surface area contributed by atoms with Gasteiger partial charge in [-0.2, -0.15) is 8.78 Å². The Balaban J connectivity index is 2.57. The largest absolute Gasteiger partial charge is 0.382 e. The Morgan fingerprint density at radius 3 is 2.52 bits per heavy atom. The summed E-state index contributed by atoms with van der Waals surface area (Å²) in [5.74, 6) is -3.43. The molecule has 0 bridgehead atoms. The van der Waals surface area contributed by atoms with Crippen LogP contribution in [0.3, 0.4) is 0 Å². The van der Waals surface area contributed by atoms with Gasteiger partial charge in [-0.3, -0.25) is 0 Å². The van der Waals surface area contributed by atoms with Crippen molar-refractivity contribution in [3.8, 4) is 0 Å². The van der Waals surface area contributed by atoms with Crippen LogP contribution in [0.25, 0.3) is 0 Å². The Morgan fingerprint density at radius 1 is 1.24 bits per heavy atom. The molecule has 0 saturated heterocycles. The van der Waals surface area contributed by atoms with E-state index in [9.17, 15) is 17.2 Å². The zero-order valence-electron chi connectivity index (χ0n) is 12.1. The normalized spacial score (nSPS) is 12.1. The maximum absolute atomic E-state index is 12.6. The molecule has 0 aliphatic heterocycles. The van der Waals surface area contributed by atoms with Crippen molar-refractivity contribution in [1.82, 2.24) is 4.90 Å². The molecular weight excluding hydrogens is 302 g/mol. The number of alkyl halides is 2. The molecule has 0 spiro atoms. The first kappa shape index (κ1) is 17.8. The Hall–Kier alpha value is -1.25. The summed E-state index contributed by atoms with van der Waals surface area (Å²) in [5.41, 5.74) is 0.161. The number of benzene rings is 1. The molecule has 1 rings (SSSR count). The van der Waals surface area contributed by atoms with Crippen molar-refractivity contribution in [2.24, 2.45) is 0 Å². The van der Waals surface area contributed by atoms with Gasteiger partial charge in [-0.05, 0) is 26.2 Å². The Bertz CT molecular complexity index is 536. The number of nitrogens with zero attached hydrogens (tertiary/aromatic N) is 1. The highest BCUT2D eigenvalue weighted by atomic mass is 32.2. The molecule has 0 atom stereocenters. The van der Waals surface area contributed by atoms with E-state index in [1.54, 1.807) is 6.07 Å². The molecule has 0 heterocycles. The molecule has 1 N–H and O–H groups in total. The van der Waals surface area contributed by atoms with Crippen molar-refractivity contribution >= 4 is 15.5 Å². The van der Waals surface area contributed by atoms with Crippen molar-refractivity contribution in [2.45, 2.75) is 10.7 Å². The zero-order chi connectivity index (χ0) is 15.9. The molecular formula is C13H20F2N2O3S. The minimum atomic E-state index is -4.61. The Labute approximate surface area is 123 Å². The number of anilines is 1. The second-order valence-electron chi connectivity index (χ2n) is 4.64. The number of sulfone groups is 1. The maximum Gasteiger partial charge on any atom is 0.341 e. The van der Waals surface area contributed by atoms with Crippen LogP contribution in [-0.4, -0.2) is 59.5 Å². The van der Waals surface area contributed by atoms with Gasteiger partial charge < -0.3 is 15.0 Å². The summed E-state index contributed by atoms with van der Waals surface area (Å²) in [6.45, 7) is 2.02. The number of hydrogen-bond acceptors (Lipinski definition) is 5. The lowest BCUT2D eigenvalue weighted by atomic mass is 10.3. The number of likely N-dealkylation sites (N-methyl/N-ethyl adjacent to an activating group) is 1. The highest BCUT2D eigenvalue weighted by molar-refractivity contribution is 7.91. The molecule has 1 aromatic rings. The van der Waals surface area contributed by atoms with Gasteiger partial charge in [0.2, 0.25) is 9.84 Å². The first-order valence-electron chi connectivity index (χ1n) is 6.43. The number of nitrogens with one attached hydrogen (secondary N) is 1. The van der Waals surface area contributed by atoms with Gasteiger partial charge in [0.05, 0.1) is 23.8 Å². The van der Waals surface area contributed by atoms with Crippen LogP contribution in [0.15, 0.2) is 29.2 Å². The van der Waals surface area contributed by atoms with Crippen LogP contribution < -0.4 is 5.32 Å². The molecule has 0 amide bonds. The van der Waals surface area contributed by atoms with Crippen molar-refractivity contribution in [2.75, 3.05) is 45.7 Å². The highest BCUT2D eigenvalue weighted by Gasteiger charge is 2.28. The van der Waals surface area contributed by atoms with Gasteiger partial charge in [-0.25, -0.2) is 8.42 Å². The minimum Gasteiger partial charge on any atom is -0.382 e. The van der Waals surface area contributed by atoms with Gasteiger partial charge in [0.15, 0.2) is 0 Å². The van der Waals surface area contributed by atoms with E-state index in [2.05, 4.69) is 5.32 Å². The number of ether oxygens (including phenoxy) is 1. The van der Waals surface area contributed by atoms with Gasteiger partial charge in [0.1, 0.15) is 0 Å². The van der Waals surface area contributed by atoms with Crippen LogP contribution >= 0.6 is 0 Å². The van der Waals surface area contributed by atoms with Crippen molar-refractivity contribution in [1.29, 1.82) is 0 Å². The fourth-order valence-corrected chi connectivity index (χ4v) is 2.47.